The van der Waals surface area contributed by atoms with Crippen molar-refractivity contribution in [2.75, 3.05) is 5.32 Å². The van der Waals surface area contributed by atoms with E-state index >= 15 is 0 Å². The quantitative estimate of drug-likeness (QED) is 0.709. The zero-order valence-corrected chi connectivity index (χ0v) is 9.21. The van der Waals surface area contributed by atoms with Crippen LogP contribution < -0.4 is 11.1 Å². The molecule has 0 spiro atoms. The summed E-state index contributed by atoms with van der Waals surface area (Å²) in [5.41, 5.74) is 5.50. The number of hydrogen-bond acceptors (Lipinski definition) is 5. The summed E-state index contributed by atoms with van der Waals surface area (Å²) in [7, 11) is 0. The van der Waals surface area contributed by atoms with Crippen LogP contribution >= 0.6 is 0 Å². The molecule has 0 aliphatic carbocycles. The number of hydrogen-bond donors (Lipinski definition) is 3. The average Bonchev–Trinajstić information content (AvgIpc) is 2.83. The number of aromatic amines is 1. The number of pyridine rings is 1. The van der Waals surface area contributed by atoms with Crippen molar-refractivity contribution >= 4 is 11.7 Å². The molecular formula is C10H12N6O. The molecule has 0 aliphatic rings. The average molecular weight is 232 g/mol. The van der Waals surface area contributed by atoms with Gasteiger partial charge in [-0.1, -0.05) is 0 Å². The van der Waals surface area contributed by atoms with Crippen LogP contribution in [0.5, 0.6) is 0 Å². The van der Waals surface area contributed by atoms with Crippen LogP contribution in [0.3, 0.4) is 0 Å². The van der Waals surface area contributed by atoms with Gasteiger partial charge in [0, 0.05) is 6.20 Å². The van der Waals surface area contributed by atoms with Gasteiger partial charge < -0.3 is 11.1 Å². The Hall–Kier alpha value is -2.44. The highest BCUT2D eigenvalue weighted by atomic mass is 16.1. The Morgan fingerprint density at radius 1 is 1.47 bits per heavy atom. The van der Waals surface area contributed by atoms with Gasteiger partial charge in [0.25, 0.3) is 0 Å². The monoisotopic (exact) mass is 232 g/mol. The summed E-state index contributed by atoms with van der Waals surface area (Å²) >= 11 is 0. The fourth-order valence-corrected chi connectivity index (χ4v) is 1.34. The Labute approximate surface area is 97.5 Å². The third-order valence-corrected chi connectivity index (χ3v) is 2.26. The molecule has 0 radical (unpaired) electrons. The summed E-state index contributed by atoms with van der Waals surface area (Å²) in [5, 5.41) is 9.64. The van der Waals surface area contributed by atoms with Gasteiger partial charge in [-0.05, 0) is 19.1 Å². The number of nitrogens with zero attached hydrogens (tertiary/aromatic N) is 3. The number of amides is 1. The van der Waals surface area contributed by atoms with Crippen molar-refractivity contribution in [2.24, 2.45) is 5.73 Å². The Morgan fingerprint density at radius 2 is 2.29 bits per heavy atom. The van der Waals surface area contributed by atoms with Crippen LogP contribution in [0.2, 0.25) is 0 Å². The molecule has 2 rings (SSSR count). The Kier molecular flexibility index (Phi) is 2.99. The lowest BCUT2D eigenvalue weighted by atomic mass is 10.2. The first kappa shape index (κ1) is 11.1. The van der Waals surface area contributed by atoms with E-state index in [-0.39, 0.29) is 6.04 Å². The van der Waals surface area contributed by atoms with Crippen LogP contribution in [-0.4, -0.2) is 26.1 Å². The first-order chi connectivity index (χ1) is 8.16. The second-order valence-corrected chi connectivity index (χ2v) is 3.53. The maximum Gasteiger partial charge on any atom is 0.250 e. The number of anilines is 1. The molecule has 2 aromatic heterocycles. The van der Waals surface area contributed by atoms with Gasteiger partial charge in [0.2, 0.25) is 5.91 Å². The maximum atomic E-state index is 10.9. The van der Waals surface area contributed by atoms with Crippen LogP contribution in [0.25, 0.3) is 0 Å². The molecule has 7 heteroatoms. The van der Waals surface area contributed by atoms with Gasteiger partial charge in [0.1, 0.15) is 18.0 Å². The normalized spacial score (nSPS) is 12.1. The highest BCUT2D eigenvalue weighted by molar-refractivity contribution is 5.92. The molecule has 2 aromatic rings. The van der Waals surface area contributed by atoms with Crippen LogP contribution in [-0.2, 0) is 0 Å². The summed E-state index contributed by atoms with van der Waals surface area (Å²) in [4.78, 5) is 19.0. The molecule has 17 heavy (non-hydrogen) atoms. The SMILES string of the molecule is CC(Nc1ccc(C(N)=O)cn1)c1ncn[nH]1. The summed E-state index contributed by atoms with van der Waals surface area (Å²) in [6.45, 7) is 1.92. The van der Waals surface area contributed by atoms with Crippen molar-refractivity contribution in [3.8, 4) is 0 Å². The minimum absolute atomic E-state index is 0.0515. The predicted octanol–water partition coefficient (Wildman–Crippen LogP) is 0.472. The lowest BCUT2D eigenvalue weighted by molar-refractivity contribution is 0.1000. The lowest BCUT2D eigenvalue weighted by Crippen LogP contribution is -2.13. The van der Waals surface area contributed by atoms with E-state index in [0.717, 1.165) is 0 Å². The molecule has 4 N–H and O–H groups in total. The number of nitrogens with two attached hydrogens (primary N) is 1. The predicted molar refractivity (Wildman–Crippen MR) is 61.2 cm³/mol. The summed E-state index contributed by atoms with van der Waals surface area (Å²) < 4.78 is 0. The van der Waals surface area contributed by atoms with Gasteiger partial charge in [-0.15, -0.1) is 0 Å². The highest BCUT2D eigenvalue weighted by Gasteiger charge is 2.08. The number of carbonyl (C=O) groups is 1. The van der Waals surface area contributed by atoms with Crippen molar-refractivity contribution in [2.45, 2.75) is 13.0 Å². The lowest BCUT2D eigenvalue weighted by Gasteiger charge is -2.11. The summed E-state index contributed by atoms with van der Waals surface area (Å²) in [6, 6.07) is 3.25. The molecule has 0 saturated carbocycles. The largest absolute Gasteiger partial charge is 0.366 e. The van der Waals surface area contributed by atoms with E-state index in [0.29, 0.717) is 17.2 Å². The zero-order chi connectivity index (χ0) is 12.3. The van der Waals surface area contributed by atoms with Crippen molar-refractivity contribution in [3.63, 3.8) is 0 Å². The number of primary amides is 1. The van der Waals surface area contributed by atoms with Crippen molar-refractivity contribution in [3.05, 3.63) is 36.0 Å². The van der Waals surface area contributed by atoms with Crippen LogP contribution in [0.15, 0.2) is 24.7 Å². The van der Waals surface area contributed by atoms with Gasteiger partial charge in [-0.2, -0.15) is 5.10 Å². The van der Waals surface area contributed by atoms with Gasteiger partial charge in [0.15, 0.2) is 0 Å². The topological polar surface area (TPSA) is 110 Å². The molecule has 1 atom stereocenters. The minimum atomic E-state index is -0.493. The molecule has 1 unspecified atom stereocenters. The molecule has 0 saturated heterocycles. The highest BCUT2D eigenvalue weighted by Crippen LogP contribution is 2.13. The minimum Gasteiger partial charge on any atom is -0.366 e. The fraction of sp³-hybridized carbons (Fsp3) is 0.200. The van der Waals surface area contributed by atoms with E-state index in [2.05, 4.69) is 25.5 Å². The number of nitrogens with one attached hydrogen (secondary N) is 2. The van der Waals surface area contributed by atoms with Crippen molar-refractivity contribution < 1.29 is 4.79 Å². The van der Waals surface area contributed by atoms with Gasteiger partial charge in [-0.3, -0.25) is 9.89 Å². The molecule has 0 aromatic carbocycles. The van der Waals surface area contributed by atoms with Gasteiger partial charge in [-0.25, -0.2) is 9.97 Å². The Bertz CT molecular complexity index is 492. The molecule has 0 aliphatic heterocycles. The van der Waals surface area contributed by atoms with Crippen LogP contribution in [0, 0.1) is 0 Å². The molecule has 7 nitrogen and oxygen atoms in total. The molecule has 0 fully saturated rings. The van der Waals surface area contributed by atoms with E-state index in [1.165, 1.54) is 12.5 Å². The molecule has 88 valence electrons. The van der Waals surface area contributed by atoms with Crippen molar-refractivity contribution in [1.29, 1.82) is 0 Å². The van der Waals surface area contributed by atoms with Gasteiger partial charge in [0.05, 0.1) is 11.6 Å². The summed E-state index contributed by atoms with van der Waals surface area (Å²) in [5.74, 6) is 0.858. The Morgan fingerprint density at radius 3 is 2.82 bits per heavy atom. The number of carbonyl (C=O) groups excluding carboxylic acids is 1. The van der Waals surface area contributed by atoms with E-state index in [9.17, 15) is 4.79 Å². The first-order valence-corrected chi connectivity index (χ1v) is 5.04. The smallest absolute Gasteiger partial charge is 0.250 e. The first-order valence-electron chi connectivity index (χ1n) is 5.04. The number of rotatable bonds is 4. The number of aromatic nitrogens is 4. The van der Waals surface area contributed by atoms with Crippen molar-refractivity contribution in [1.82, 2.24) is 20.2 Å². The Balaban J connectivity index is 2.06. The fourth-order valence-electron chi connectivity index (χ4n) is 1.34. The molecule has 1 amide bonds. The third-order valence-electron chi connectivity index (χ3n) is 2.26. The zero-order valence-electron chi connectivity index (χ0n) is 9.21. The van der Waals surface area contributed by atoms with Crippen LogP contribution in [0.1, 0.15) is 29.1 Å². The molecular weight excluding hydrogens is 220 g/mol. The van der Waals surface area contributed by atoms with E-state index in [4.69, 9.17) is 5.73 Å². The second-order valence-electron chi connectivity index (χ2n) is 3.53. The molecule has 0 bridgehead atoms. The summed E-state index contributed by atoms with van der Waals surface area (Å²) in [6.07, 6.45) is 2.87. The maximum absolute atomic E-state index is 10.9. The molecule has 2 heterocycles. The number of H-pyrrole nitrogens is 1. The van der Waals surface area contributed by atoms with Crippen LogP contribution in [0.4, 0.5) is 5.82 Å². The van der Waals surface area contributed by atoms with E-state index < -0.39 is 5.91 Å². The second kappa shape index (κ2) is 4.60. The van der Waals surface area contributed by atoms with E-state index in [1.807, 2.05) is 6.92 Å². The van der Waals surface area contributed by atoms with Gasteiger partial charge >= 0.3 is 0 Å². The third kappa shape index (κ3) is 2.57. The van der Waals surface area contributed by atoms with E-state index in [1.54, 1.807) is 12.1 Å². The standard InChI is InChI=1S/C10H12N6O/c1-6(10-13-5-14-16-10)15-8-3-2-7(4-12-8)9(11)17/h2-6H,1H3,(H2,11,17)(H,12,15)(H,13,14,16).